The summed E-state index contributed by atoms with van der Waals surface area (Å²) in [6, 6.07) is 4.12. The third kappa shape index (κ3) is 6.38. The predicted molar refractivity (Wildman–Crippen MR) is 106 cm³/mol. The first-order valence-electron chi connectivity index (χ1n) is 9.08. The van der Waals surface area contributed by atoms with Gasteiger partial charge in [0.15, 0.2) is 5.96 Å². The zero-order valence-electron chi connectivity index (χ0n) is 15.8. The van der Waals surface area contributed by atoms with Crippen LogP contribution in [0.25, 0.3) is 0 Å². The van der Waals surface area contributed by atoms with Crippen LogP contribution in [-0.2, 0) is 4.79 Å². The highest BCUT2D eigenvalue weighted by Crippen LogP contribution is 2.22. The average Bonchev–Trinajstić information content (AvgIpc) is 2.68. The van der Waals surface area contributed by atoms with Gasteiger partial charge in [-0.25, -0.2) is 4.99 Å². The second kappa shape index (κ2) is 10.4. The molecule has 0 saturated carbocycles. The number of anilines is 1. The Balaban J connectivity index is 1.80. The molecule has 7 heteroatoms. The van der Waals surface area contributed by atoms with Crippen LogP contribution in [0.4, 0.5) is 5.69 Å². The molecule has 2 heterocycles. The molecule has 0 spiro atoms. The molecule has 1 fully saturated rings. The highest BCUT2D eigenvalue weighted by Gasteiger charge is 2.19. The molecule has 0 atom stereocenters. The summed E-state index contributed by atoms with van der Waals surface area (Å²) in [7, 11) is 3.47. The Kier molecular flexibility index (Phi) is 7.92. The fraction of sp³-hybridized carbons (Fsp3) is 0.526. The van der Waals surface area contributed by atoms with Crippen molar-refractivity contribution in [3.8, 4) is 0 Å². The van der Waals surface area contributed by atoms with Gasteiger partial charge in [-0.05, 0) is 30.9 Å². The van der Waals surface area contributed by atoms with Crippen molar-refractivity contribution in [2.75, 3.05) is 51.7 Å². The molecule has 1 aliphatic rings. The summed E-state index contributed by atoms with van der Waals surface area (Å²) in [6.07, 6.45) is 7.71. The SMILES string of the molecule is C=CCNC(=NCC(=O)N(C)C)NCC1CCN(c2ccncc2)CC1. The minimum Gasteiger partial charge on any atom is -0.371 e. The lowest BCUT2D eigenvalue weighted by Gasteiger charge is -2.33. The number of nitrogens with zero attached hydrogens (tertiary/aromatic N) is 4. The van der Waals surface area contributed by atoms with E-state index in [-0.39, 0.29) is 12.5 Å². The average molecular weight is 358 g/mol. The number of aromatic nitrogens is 1. The monoisotopic (exact) mass is 358 g/mol. The summed E-state index contributed by atoms with van der Waals surface area (Å²) in [4.78, 5) is 24.1. The maximum atomic E-state index is 11.7. The minimum atomic E-state index is -0.0182. The number of nitrogens with one attached hydrogen (secondary N) is 2. The Morgan fingerprint density at radius 2 is 2.04 bits per heavy atom. The lowest BCUT2D eigenvalue weighted by molar-refractivity contribution is -0.127. The molecule has 2 N–H and O–H groups in total. The first-order valence-corrected chi connectivity index (χ1v) is 9.08. The summed E-state index contributed by atoms with van der Waals surface area (Å²) in [6.45, 7) is 7.40. The van der Waals surface area contributed by atoms with E-state index in [1.165, 1.54) is 5.69 Å². The molecule has 0 radical (unpaired) electrons. The van der Waals surface area contributed by atoms with Crippen LogP contribution in [0, 0.1) is 5.92 Å². The van der Waals surface area contributed by atoms with Gasteiger partial charge in [-0.15, -0.1) is 6.58 Å². The van der Waals surface area contributed by atoms with Crippen molar-refractivity contribution >= 4 is 17.6 Å². The summed E-state index contributed by atoms with van der Waals surface area (Å²) in [5.74, 6) is 1.24. The van der Waals surface area contributed by atoms with Crippen molar-refractivity contribution in [3.63, 3.8) is 0 Å². The number of hydrogen-bond donors (Lipinski definition) is 2. The lowest BCUT2D eigenvalue weighted by Crippen LogP contribution is -2.43. The molecule has 0 aromatic carbocycles. The standard InChI is InChI=1S/C19H30N6O/c1-4-9-21-19(23-15-18(26)24(2)3)22-14-16-7-12-25(13-8-16)17-5-10-20-11-6-17/h4-6,10-11,16H,1,7-9,12-15H2,2-3H3,(H2,21,22,23). The summed E-state index contributed by atoms with van der Waals surface area (Å²) in [5.41, 5.74) is 1.24. The van der Waals surface area contributed by atoms with Crippen LogP contribution in [0.5, 0.6) is 0 Å². The highest BCUT2D eigenvalue weighted by atomic mass is 16.2. The molecule has 0 aliphatic carbocycles. The van der Waals surface area contributed by atoms with Gasteiger partial charge in [0.05, 0.1) is 0 Å². The van der Waals surface area contributed by atoms with E-state index in [0.29, 0.717) is 18.4 Å². The molecule has 0 unspecified atom stereocenters. The van der Waals surface area contributed by atoms with Gasteiger partial charge >= 0.3 is 0 Å². The number of hydrogen-bond acceptors (Lipinski definition) is 4. The van der Waals surface area contributed by atoms with E-state index >= 15 is 0 Å². The number of aliphatic imine (C=N–C) groups is 1. The van der Waals surface area contributed by atoms with Crippen LogP contribution < -0.4 is 15.5 Å². The van der Waals surface area contributed by atoms with Crippen molar-refractivity contribution < 1.29 is 4.79 Å². The number of piperidine rings is 1. The third-order valence-electron chi connectivity index (χ3n) is 4.49. The molecule has 1 aromatic rings. The van der Waals surface area contributed by atoms with Gasteiger partial charge in [-0.2, -0.15) is 0 Å². The van der Waals surface area contributed by atoms with E-state index in [1.54, 1.807) is 25.1 Å². The van der Waals surface area contributed by atoms with Gasteiger partial charge in [0.1, 0.15) is 6.54 Å². The molecule has 1 aromatic heterocycles. The van der Waals surface area contributed by atoms with E-state index in [0.717, 1.165) is 32.5 Å². The fourth-order valence-electron chi connectivity index (χ4n) is 2.82. The molecule has 1 aliphatic heterocycles. The van der Waals surface area contributed by atoms with Gasteiger partial charge in [0, 0.05) is 58.4 Å². The van der Waals surface area contributed by atoms with Gasteiger partial charge in [-0.1, -0.05) is 6.08 Å². The number of guanidine groups is 1. The third-order valence-corrected chi connectivity index (χ3v) is 4.49. The molecular weight excluding hydrogens is 328 g/mol. The topological polar surface area (TPSA) is 72.9 Å². The Morgan fingerprint density at radius 1 is 1.35 bits per heavy atom. The first kappa shape index (κ1) is 19.8. The molecule has 7 nitrogen and oxygen atoms in total. The maximum Gasteiger partial charge on any atom is 0.243 e. The van der Waals surface area contributed by atoms with Crippen molar-refractivity contribution in [1.82, 2.24) is 20.5 Å². The number of amides is 1. The van der Waals surface area contributed by atoms with E-state index in [1.807, 2.05) is 12.4 Å². The minimum absolute atomic E-state index is 0.0182. The van der Waals surface area contributed by atoms with Crippen LogP contribution in [-0.4, -0.2) is 68.6 Å². The normalized spacial score (nSPS) is 15.5. The summed E-state index contributed by atoms with van der Waals surface area (Å²) in [5, 5.41) is 6.54. The molecular formula is C19H30N6O. The molecule has 26 heavy (non-hydrogen) atoms. The van der Waals surface area contributed by atoms with E-state index in [2.05, 4.69) is 44.2 Å². The van der Waals surface area contributed by atoms with Gasteiger partial charge in [0.2, 0.25) is 5.91 Å². The van der Waals surface area contributed by atoms with Crippen molar-refractivity contribution in [2.45, 2.75) is 12.8 Å². The zero-order chi connectivity index (χ0) is 18.8. The summed E-state index contributed by atoms with van der Waals surface area (Å²) >= 11 is 0. The molecule has 1 amide bonds. The fourth-order valence-corrected chi connectivity index (χ4v) is 2.82. The van der Waals surface area contributed by atoms with Gasteiger partial charge in [-0.3, -0.25) is 9.78 Å². The molecule has 2 rings (SSSR count). The maximum absolute atomic E-state index is 11.7. The van der Waals surface area contributed by atoms with E-state index in [4.69, 9.17) is 0 Å². The first-order chi connectivity index (χ1) is 12.6. The molecule has 142 valence electrons. The van der Waals surface area contributed by atoms with Crippen LogP contribution >= 0.6 is 0 Å². The van der Waals surface area contributed by atoms with Crippen LogP contribution in [0.15, 0.2) is 42.2 Å². The van der Waals surface area contributed by atoms with Crippen molar-refractivity contribution in [1.29, 1.82) is 0 Å². The predicted octanol–water partition coefficient (Wildman–Crippen LogP) is 1.11. The van der Waals surface area contributed by atoms with Crippen molar-refractivity contribution in [3.05, 3.63) is 37.2 Å². The Bertz CT molecular complexity index is 593. The Morgan fingerprint density at radius 3 is 2.65 bits per heavy atom. The van der Waals surface area contributed by atoms with Crippen molar-refractivity contribution in [2.24, 2.45) is 10.9 Å². The second-order valence-corrected chi connectivity index (χ2v) is 6.64. The van der Waals surface area contributed by atoms with Gasteiger partial charge in [0.25, 0.3) is 0 Å². The van der Waals surface area contributed by atoms with E-state index < -0.39 is 0 Å². The largest absolute Gasteiger partial charge is 0.371 e. The second-order valence-electron chi connectivity index (χ2n) is 6.64. The number of carbonyl (C=O) groups excluding carboxylic acids is 1. The van der Waals surface area contributed by atoms with Gasteiger partial charge < -0.3 is 20.4 Å². The molecule has 0 bridgehead atoms. The zero-order valence-corrected chi connectivity index (χ0v) is 15.8. The number of rotatable bonds is 7. The lowest BCUT2D eigenvalue weighted by atomic mass is 9.96. The number of pyridine rings is 1. The highest BCUT2D eigenvalue weighted by molar-refractivity contribution is 5.84. The smallest absolute Gasteiger partial charge is 0.243 e. The Labute approximate surface area is 156 Å². The number of likely N-dealkylation sites (N-methyl/N-ethyl adjacent to an activating group) is 1. The van der Waals surface area contributed by atoms with E-state index in [9.17, 15) is 4.79 Å². The van der Waals surface area contributed by atoms with Crippen LogP contribution in [0.2, 0.25) is 0 Å². The number of carbonyl (C=O) groups is 1. The van der Waals surface area contributed by atoms with Crippen LogP contribution in [0.3, 0.4) is 0 Å². The van der Waals surface area contributed by atoms with Crippen LogP contribution in [0.1, 0.15) is 12.8 Å². The molecule has 1 saturated heterocycles. The quantitative estimate of drug-likeness (QED) is 0.434. The Hall–Kier alpha value is -2.57. The summed E-state index contributed by atoms with van der Waals surface area (Å²) < 4.78 is 0.